The van der Waals surface area contributed by atoms with Crippen LogP contribution < -0.4 is 5.56 Å². The predicted molar refractivity (Wildman–Crippen MR) is 94.6 cm³/mol. The van der Waals surface area contributed by atoms with E-state index in [-0.39, 0.29) is 28.5 Å². The van der Waals surface area contributed by atoms with Crippen molar-refractivity contribution >= 4 is 28.4 Å². The number of H-pyrrole nitrogens is 1. The van der Waals surface area contributed by atoms with E-state index in [1.54, 1.807) is 11.0 Å². The van der Waals surface area contributed by atoms with Crippen LogP contribution in [0.4, 0.5) is 4.39 Å². The van der Waals surface area contributed by atoms with Gasteiger partial charge in [0, 0.05) is 41.0 Å². The number of carbonyl (C=O) groups is 1. The molecule has 1 aliphatic rings. The summed E-state index contributed by atoms with van der Waals surface area (Å²) in [6.07, 6.45) is 0. The maximum atomic E-state index is 14.2. The summed E-state index contributed by atoms with van der Waals surface area (Å²) in [5.74, 6) is -0.548. The molecule has 1 N–H and O–H groups in total. The van der Waals surface area contributed by atoms with Gasteiger partial charge >= 0.3 is 0 Å². The first-order valence-corrected chi connectivity index (χ1v) is 8.26. The van der Waals surface area contributed by atoms with Crippen LogP contribution in [-0.2, 0) is 0 Å². The Bertz CT molecular complexity index is 1020. The second kappa shape index (κ2) is 6.01. The van der Waals surface area contributed by atoms with E-state index in [1.165, 1.54) is 18.2 Å². The number of hydrogen-bond donors (Lipinski definition) is 1. The molecule has 0 atom stereocenters. The number of amides is 1. The normalized spacial score (nSPS) is 14.6. The zero-order chi connectivity index (χ0) is 17.6. The SMILES string of the molecule is O=C(c1cc(F)c2[nH]c(=O)ccc2c1)N1CC(c2ccc(Cl)cc2)C1. The van der Waals surface area contributed by atoms with Gasteiger partial charge in [-0.1, -0.05) is 23.7 Å². The molecule has 2 aromatic carbocycles. The van der Waals surface area contributed by atoms with Crippen molar-refractivity contribution in [3.05, 3.63) is 80.9 Å². The van der Waals surface area contributed by atoms with Crippen molar-refractivity contribution in [1.82, 2.24) is 9.88 Å². The highest BCUT2D eigenvalue weighted by molar-refractivity contribution is 6.30. The van der Waals surface area contributed by atoms with Gasteiger partial charge in [-0.25, -0.2) is 4.39 Å². The van der Waals surface area contributed by atoms with Crippen LogP contribution in [0.25, 0.3) is 10.9 Å². The lowest BCUT2D eigenvalue weighted by molar-refractivity contribution is 0.0602. The number of hydrogen-bond acceptors (Lipinski definition) is 2. The predicted octanol–water partition coefficient (Wildman–Crippen LogP) is 3.56. The molecule has 126 valence electrons. The second-order valence-corrected chi connectivity index (χ2v) is 6.64. The highest BCUT2D eigenvalue weighted by atomic mass is 35.5. The lowest BCUT2D eigenvalue weighted by atomic mass is 9.91. The van der Waals surface area contributed by atoms with Gasteiger partial charge in [-0.15, -0.1) is 0 Å². The van der Waals surface area contributed by atoms with Gasteiger partial charge in [-0.3, -0.25) is 9.59 Å². The fourth-order valence-corrected chi connectivity index (χ4v) is 3.24. The van der Waals surface area contributed by atoms with Gasteiger partial charge in [0.15, 0.2) is 0 Å². The van der Waals surface area contributed by atoms with E-state index in [4.69, 9.17) is 11.6 Å². The molecule has 25 heavy (non-hydrogen) atoms. The summed E-state index contributed by atoms with van der Waals surface area (Å²) in [4.78, 5) is 28.0. The number of rotatable bonds is 2. The van der Waals surface area contributed by atoms with E-state index >= 15 is 0 Å². The Morgan fingerprint density at radius 1 is 1.12 bits per heavy atom. The molecule has 6 heteroatoms. The molecule has 0 radical (unpaired) electrons. The van der Waals surface area contributed by atoms with Gasteiger partial charge in [0.25, 0.3) is 5.91 Å². The number of fused-ring (bicyclic) bond motifs is 1. The van der Waals surface area contributed by atoms with Gasteiger partial charge in [0.2, 0.25) is 5.56 Å². The number of nitrogens with zero attached hydrogens (tertiary/aromatic N) is 1. The maximum Gasteiger partial charge on any atom is 0.254 e. The number of carbonyl (C=O) groups excluding carboxylic acids is 1. The molecule has 0 aliphatic carbocycles. The third-order valence-corrected chi connectivity index (χ3v) is 4.79. The van der Waals surface area contributed by atoms with Crippen molar-refractivity contribution in [3.8, 4) is 0 Å². The Labute approximate surface area is 147 Å². The van der Waals surface area contributed by atoms with Gasteiger partial charge < -0.3 is 9.88 Å². The molecule has 3 aromatic rings. The number of nitrogens with one attached hydrogen (secondary N) is 1. The van der Waals surface area contributed by atoms with Crippen molar-refractivity contribution in [1.29, 1.82) is 0 Å². The molecule has 0 unspecified atom stereocenters. The lowest BCUT2D eigenvalue weighted by Gasteiger charge is -2.39. The summed E-state index contributed by atoms with van der Waals surface area (Å²) < 4.78 is 14.2. The molecule has 1 aromatic heterocycles. The van der Waals surface area contributed by atoms with Crippen LogP contribution in [0.15, 0.2) is 53.3 Å². The summed E-state index contributed by atoms with van der Waals surface area (Å²) in [7, 11) is 0. The largest absolute Gasteiger partial charge is 0.337 e. The van der Waals surface area contributed by atoms with E-state index in [9.17, 15) is 14.0 Å². The van der Waals surface area contributed by atoms with E-state index < -0.39 is 5.82 Å². The second-order valence-electron chi connectivity index (χ2n) is 6.20. The van der Waals surface area contributed by atoms with Crippen LogP contribution in [0.1, 0.15) is 21.8 Å². The maximum absolute atomic E-state index is 14.2. The van der Waals surface area contributed by atoms with Gasteiger partial charge in [0.05, 0.1) is 5.52 Å². The smallest absolute Gasteiger partial charge is 0.254 e. The number of aromatic nitrogens is 1. The summed E-state index contributed by atoms with van der Waals surface area (Å²) in [6, 6.07) is 13.2. The van der Waals surface area contributed by atoms with E-state index in [1.807, 2.05) is 24.3 Å². The summed E-state index contributed by atoms with van der Waals surface area (Å²) >= 11 is 5.89. The first-order valence-electron chi connectivity index (χ1n) is 7.88. The quantitative estimate of drug-likeness (QED) is 0.763. The minimum Gasteiger partial charge on any atom is -0.337 e. The zero-order valence-corrected chi connectivity index (χ0v) is 13.9. The van der Waals surface area contributed by atoms with Crippen LogP contribution >= 0.6 is 11.6 Å². The fourth-order valence-electron chi connectivity index (χ4n) is 3.12. The third-order valence-electron chi connectivity index (χ3n) is 4.54. The highest BCUT2D eigenvalue weighted by Crippen LogP contribution is 2.29. The Morgan fingerprint density at radius 3 is 2.56 bits per heavy atom. The Morgan fingerprint density at radius 2 is 1.84 bits per heavy atom. The average molecular weight is 357 g/mol. The van der Waals surface area contributed by atoms with Crippen molar-refractivity contribution in [2.45, 2.75) is 5.92 Å². The topological polar surface area (TPSA) is 53.2 Å². The standard InChI is InChI=1S/C19H14ClFN2O2/c20-15-4-1-11(2-5-15)14-9-23(10-14)19(25)13-7-12-3-6-17(24)22-18(12)16(21)8-13/h1-8,14H,9-10H2,(H,22,24). The first kappa shape index (κ1) is 15.8. The molecule has 1 amide bonds. The fraction of sp³-hybridized carbons (Fsp3) is 0.158. The minimum atomic E-state index is -0.603. The Kier molecular flexibility index (Phi) is 3.81. The van der Waals surface area contributed by atoms with E-state index in [2.05, 4.69) is 4.98 Å². The van der Waals surface area contributed by atoms with Crippen molar-refractivity contribution in [3.63, 3.8) is 0 Å². The molecule has 4 nitrogen and oxygen atoms in total. The van der Waals surface area contributed by atoms with Crippen LogP contribution in [0, 0.1) is 5.82 Å². The Balaban J connectivity index is 1.54. The van der Waals surface area contributed by atoms with Crippen LogP contribution in [-0.4, -0.2) is 28.9 Å². The molecule has 1 saturated heterocycles. The van der Waals surface area contributed by atoms with Crippen LogP contribution in [0.3, 0.4) is 0 Å². The molecular weight excluding hydrogens is 343 g/mol. The van der Waals surface area contributed by atoms with Gasteiger partial charge in [0.1, 0.15) is 5.82 Å². The van der Waals surface area contributed by atoms with Gasteiger partial charge in [-0.2, -0.15) is 0 Å². The summed E-state index contributed by atoms with van der Waals surface area (Å²) in [6.45, 7) is 1.18. The number of likely N-dealkylation sites (tertiary alicyclic amines) is 1. The summed E-state index contributed by atoms with van der Waals surface area (Å²) in [5.41, 5.74) is 1.16. The molecule has 0 saturated carbocycles. The van der Waals surface area contributed by atoms with Crippen molar-refractivity contribution in [2.75, 3.05) is 13.1 Å². The molecular formula is C19H14ClFN2O2. The molecule has 0 spiro atoms. The van der Waals surface area contributed by atoms with Crippen LogP contribution in [0.5, 0.6) is 0 Å². The number of benzene rings is 2. The molecule has 0 bridgehead atoms. The number of aromatic amines is 1. The molecule has 1 fully saturated rings. The number of pyridine rings is 1. The monoisotopic (exact) mass is 356 g/mol. The van der Waals surface area contributed by atoms with E-state index in [0.717, 1.165) is 5.56 Å². The molecule has 1 aliphatic heterocycles. The lowest BCUT2D eigenvalue weighted by Crippen LogP contribution is -2.48. The van der Waals surface area contributed by atoms with Crippen molar-refractivity contribution < 1.29 is 9.18 Å². The van der Waals surface area contributed by atoms with E-state index in [0.29, 0.717) is 23.5 Å². The first-order chi connectivity index (χ1) is 12.0. The zero-order valence-electron chi connectivity index (χ0n) is 13.1. The van der Waals surface area contributed by atoms with Crippen molar-refractivity contribution in [2.24, 2.45) is 0 Å². The number of halogens is 2. The van der Waals surface area contributed by atoms with Crippen LogP contribution in [0.2, 0.25) is 5.02 Å². The minimum absolute atomic E-state index is 0.117. The highest BCUT2D eigenvalue weighted by Gasteiger charge is 2.32. The molecule has 4 rings (SSSR count). The van der Waals surface area contributed by atoms with Gasteiger partial charge in [-0.05, 0) is 35.9 Å². The summed E-state index contributed by atoms with van der Waals surface area (Å²) in [5, 5.41) is 1.18. The average Bonchev–Trinajstić information content (AvgIpc) is 2.55. The Hall–Kier alpha value is -2.66. The molecule has 2 heterocycles. The third kappa shape index (κ3) is 2.91.